The molecule has 6 nitrogen and oxygen atoms in total. The summed E-state index contributed by atoms with van der Waals surface area (Å²) in [5.74, 6) is -1.35. The van der Waals surface area contributed by atoms with E-state index in [2.05, 4.69) is 4.98 Å². The van der Waals surface area contributed by atoms with Gasteiger partial charge in [0, 0.05) is 17.7 Å². The molecule has 1 saturated carbocycles. The molecule has 6 heteroatoms. The third-order valence-electron chi connectivity index (χ3n) is 4.06. The Morgan fingerprint density at radius 1 is 1.04 bits per heavy atom. The van der Waals surface area contributed by atoms with Crippen molar-refractivity contribution in [2.45, 2.75) is 18.9 Å². The molecule has 1 aliphatic rings. The summed E-state index contributed by atoms with van der Waals surface area (Å²) in [7, 11) is 0. The number of nitrogens with zero attached hydrogens (tertiary/aromatic N) is 2. The zero-order valence-electron chi connectivity index (χ0n) is 12.1. The lowest BCUT2D eigenvalue weighted by molar-refractivity contribution is 0.371. The smallest absolute Gasteiger partial charge is 0.265 e. The fourth-order valence-electron chi connectivity index (χ4n) is 2.78. The van der Waals surface area contributed by atoms with Crippen molar-refractivity contribution < 1.29 is 15.3 Å². The van der Waals surface area contributed by atoms with Gasteiger partial charge in [-0.05, 0) is 12.8 Å². The van der Waals surface area contributed by atoms with E-state index in [0.717, 1.165) is 18.4 Å². The van der Waals surface area contributed by atoms with Crippen molar-refractivity contribution in [1.29, 1.82) is 0 Å². The van der Waals surface area contributed by atoms with Crippen molar-refractivity contribution in [2.75, 3.05) is 0 Å². The van der Waals surface area contributed by atoms with Crippen LogP contribution < -0.4 is 5.56 Å². The van der Waals surface area contributed by atoms with Crippen LogP contribution in [0.15, 0.2) is 41.2 Å². The summed E-state index contributed by atoms with van der Waals surface area (Å²) >= 11 is 0. The Bertz CT molecular complexity index is 976. The predicted octanol–water partition coefficient (Wildman–Crippen LogP) is 2.52. The van der Waals surface area contributed by atoms with Crippen LogP contribution in [0.5, 0.6) is 17.2 Å². The Hall–Kier alpha value is -3.02. The summed E-state index contributed by atoms with van der Waals surface area (Å²) in [6.07, 6.45) is 1.75. The molecule has 0 spiro atoms. The minimum Gasteiger partial charge on any atom is -0.504 e. The van der Waals surface area contributed by atoms with Gasteiger partial charge in [-0.15, -0.1) is 0 Å². The van der Waals surface area contributed by atoms with Gasteiger partial charge in [-0.2, -0.15) is 0 Å². The highest BCUT2D eigenvalue weighted by Crippen LogP contribution is 2.42. The van der Waals surface area contributed by atoms with Crippen molar-refractivity contribution in [1.82, 2.24) is 9.55 Å². The molecule has 0 aliphatic heterocycles. The van der Waals surface area contributed by atoms with Crippen LogP contribution in [0, 0.1) is 0 Å². The molecule has 116 valence electrons. The Balaban J connectivity index is 2.13. The monoisotopic (exact) mass is 310 g/mol. The Kier molecular flexibility index (Phi) is 2.81. The number of fused-ring (bicyclic) bond motifs is 1. The first-order chi connectivity index (χ1) is 11.1. The number of benzene rings is 2. The zero-order chi connectivity index (χ0) is 16.1. The zero-order valence-corrected chi connectivity index (χ0v) is 12.1. The summed E-state index contributed by atoms with van der Waals surface area (Å²) in [6, 6.07) is 10.5. The van der Waals surface area contributed by atoms with Crippen LogP contribution in [0.3, 0.4) is 0 Å². The fourth-order valence-corrected chi connectivity index (χ4v) is 2.78. The molecule has 0 radical (unpaired) electrons. The second-order valence-corrected chi connectivity index (χ2v) is 5.69. The van der Waals surface area contributed by atoms with Crippen molar-refractivity contribution in [2.24, 2.45) is 0 Å². The van der Waals surface area contributed by atoms with Gasteiger partial charge in [0.2, 0.25) is 5.75 Å². The Labute approximate surface area is 130 Å². The van der Waals surface area contributed by atoms with E-state index in [1.807, 2.05) is 30.3 Å². The standard InChI is InChI=1S/C17H14N2O4/c20-12-8-11-13(15(22)14(12)21)17(23)19(10-6-7-10)16(18-11)9-4-2-1-3-5-9/h1-5,8,10,20-22H,6-7H2. The number of phenolic OH excluding ortho intramolecular Hbond substituents is 3. The molecule has 3 aromatic rings. The van der Waals surface area contributed by atoms with Gasteiger partial charge in [0.25, 0.3) is 5.56 Å². The number of hydrogen-bond donors (Lipinski definition) is 3. The second-order valence-electron chi connectivity index (χ2n) is 5.69. The second kappa shape index (κ2) is 4.74. The van der Waals surface area contributed by atoms with E-state index in [1.165, 1.54) is 6.07 Å². The van der Waals surface area contributed by atoms with E-state index in [4.69, 9.17) is 0 Å². The summed E-state index contributed by atoms with van der Waals surface area (Å²) in [6.45, 7) is 0. The van der Waals surface area contributed by atoms with Crippen LogP contribution in [-0.2, 0) is 0 Å². The highest BCUT2D eigenvalue weighted by molar-refractivity contribution is 5.90. The third kappa shape index (κ3) is 2.03. The van der Waals surface area contributed by atoms with Crippen LogP contribution >= 0.6 is 0 Å². The Morgan fingerprint density at radius 3 is 2.39 bits per heavy atom. The molecule has 1 aromatic heterocycles. The molecule has 1 heterocycles. The molecule has 0 amide bonds. The lowest BCUT2D eigenvalue weighted by Crippen LogP contribution is -2.22. The van der Waals surface area contributed by atoms with Gasteiger partial charge in [0.15, 0.2) is 11.5 Å². The first kappa shape index (κ1) is 13.6. The molecule has 1 aliphatic carbocycles. The maximum absolute atomic E-state index is 12.9. The topological polar surface area (TPSA) is 95.6 Å². The van der Waals surface area contributed by atoms with Crippen LogP contribution in [0.4, 0.5) is 0 Å². The molecule has 0 unspecified atom stereocenters. The van der Waals surface area contributed by atoms with E-state index in [-0.39, 0.29) is 16.9 Å². The summed E-state index contributed by atoms with van der Waals surface area (Å²) in [5, 5.41) is 29.3. The molecule has 0 saturated heterocycles. The quantitative estimate of drug-likeness (QED) is 0.632. The SMILES string of the molecule is O=c1c2c(O)c(O)c(O)cc2nc(-c2ccccc2)n1C1CC1. The largest absolute Gasteiger partial charge is 0.504 e. The molecule has 2 aromatic carbocycles. The number of aromatic hydroxyl groups is 3. The molecule has 0 bridgehead atoms. The third-order valence-corrected chi connectivity index (χ3v) is 4.06. The molecule has 4 rings (SSSR count). The van der Waals surface area contributed by atoms with E-state index < -0.39 is 22.8 Å². The van der Waals surface area contributed by atoms with Crippen LogP contribution in [0.1, 0.15) is 18.9 Å². The maximum Gasteiger partial charge on any atom is 0.265 e. The molecular weight excluding hydrogens is 296 g/mol. The lowest BCUT2D eigenvalue weighted by atomic mass is 10.1. The molecule has 1 fully saturated rings. The first-order valence-corrected chi connectivity index (χ1v) is 7.33. The Morgan fingerprint density at radius 2 is 1.74 bits per heavy atom. The minimum absolute atomic E-state index is 0.0463. The van der Waals surface area contributed by atoms with Gasteiger partial charge in [0.1, 0.15) is 11.2 Å². The molecule has 3 N–H and O–H groups in total. The normalized spacial score (nSPS) is 14.3. The predicted molar refractivity (Wildman–Crippen MR) is 84.7 cm³/mol. The van der Waals surface area contributed by atoms with Gasteiger partial charge in [-0.3, -0.25) is 9.36 Å². The highest BCUT2D eigenvalue weighted by Gasteiger charge is 2.30. The van der Waals surface area contributed by atoms with Crippen LogP contribution in [0.25, 0.3) is 22.3 Å². The van der Waals surface area contributed by atoms with Crippen molar-refractivity contribution in [3.8, 4) is 28.6 Å². The number of aromatic nitrogens is 2. The molecular formula is C17H14N2O4. The van der Waals surface area contributed by atoms with Crippen LogP contribution in [-0.4, -0.2) is 24.9 Å². The summed E-state index contributed by atoms with van der Waals surface area (Å²) < 4.78 is 1.56. The van der Waals surface area contributed by atoms with E-state index in [1.54, 1.807) is 4.57 Å². The van der Waals surface area contributed by atoms with Crippen LogP contribution in [0.2, 0.25) is 0 Å². The first-order valence-electron chi connectivity index (χ1n) is 7.33. The molecule has 23 heavy (non-hydrogen) atoms. The van der Waals surface area contributed by atoms with E-state index in [0.29, 0.717) is 5.82 Å². The van der Waals surface area contributed by atoms with E-state index >= 15 is 0 Å². The van der Waals surface area contributed by atoms with Crippen molar-refractivity contribution in [3.63, 3.8) is 0 Å². The van der Waals surface area contributed by atoms with Gasteiger partial charge >= 0.3 is 0 Å². The van der Waals surface area contributed by atoms with Gasteiger partial charge in [0.05, 0.1) is 5.52 Å². The average Bonchev–Trinajstić information content (AvgIpc) is 3.37. The van der Waals surface area contributed by atoms with Crippen molar-refractivity contribution >= 4 is 10.9 Å². The number of rotatable bonds is 2. The molecule has 0 atom stereocenters. The lowest BCUT2D eigenvalue weighted by Gasteiger charge is -2.14. The van der Waals surface area contributed by atoms with Gasteiger partial charge < -0.3 is 15.3 Å². The van der Waals surface area contributed by atoms with E-state index in [9.17, 15) is 20.1 Å². The average molecular weight is 310 g/mol. The number of phenols is 3. The van der Waals surface area contributed by atoms with Gasteiger partial charge in [-0.1, -0.05) is 30.3 Å². The number of hydrogen-bond acceptors (Lipinski definition) is 5. The minimum atomic E-state index is -0.703. The summed E-state index contributed by atoms with van der Waals surface area (Å²) in [4.78, 5) is 17.3. The van der Waals surface area contributed by atoms with Crippen molar-refractivity contribution in [3.05, 3.63) is 46.8 Å². The highest BCUT2D eigenvalue weighted by atomic mass is 16.3. The summed E-state index contributed by atoms with van der Waals surface area (Å²) in [5.41, 5.74) is 0.521. The maximum atomic E-state index is 12.9. The van der Waals surface area contributed by atoms with Gasteiger partial charge in [-0.25, -0.2) is 4.98 Å². The fraction of sp³-hybridized carbons (Fsp3) is 0.176.